The number of hydrogen-bond donors (Lipinski definition) is 0. The number of amides is 6. The van der Waals surface area contributed by atoms with E-state index in [0.717, 1.165) is 23.6 Å². The van der Waals surface area contributed by atoms with E-state index in [4.69, 9.17) is 137 Å². The van der Waals surface area contributed by atoms with Gasteiger partial charge in [0.1, 0.15) is 81.7 Å². The second-order valence-corrected chi connectivity index (χ2v) is 46.4. The zero-order chi connectivity index (χ0) is 112. The minimum Gasteiger partial charge on any atom is -0.463 e. The van der Waals surface area contributed by atoms with Gasteiger partial charge >= 0.3 is 79.3 Å². The average molecular weight is 2200 g/mol. The van der Waals surface area contributed by atoms with Crippen molar-refractivity contribution in [3.05, 3.63) is 49.1 Å². The van der Waals surface area contributed by atoms with Crippen molar-refractivity contribution < 1.29 is 206 Å². The molecule has 0 aromatic rings. The molecule has 8 saturated heterocycles. The molecule has 2 unspecified atom stereocenters. The second kappa shape index (κ2) is 50.5. The first-order valence-corrected chi connectivity index (χ1v) is 53.5. The number of carbonyl (C=O) groups excluding carboxylic acids is 16. The van der Waals surface area contributed by atoms with E-state index in [0.29, 0.717) is 0 Å². The van der Waals surface area contributed by atoms with Crippen molar-refractivity contribution in [2.45, 2.75) is 323 Å². The molecule has 0 aromatic heterocycles. The van der Waals surface area contributed by atoms with Crippen molar-refractivity contribution in [1.82, 2.24) is 29.4 Å². The molecule has 12 rings (SSSR count). The number of carbonyl (C=O) groups is 16. The van der Waals surface area contributed by atoms with Crippen molar-refractivity contribution in [1.29, 1.82) is 0 Å². The number of esters is 6. The lowest BCUT2D eigenvalue weighted by Gasteiger charge is -2.38. The van der Waals surface area contributed by atoms with E-state index in [1.165, 1.54) is 82.8 Å². The highest BCUT2D eigenvalue weighted by atomic mass is 31.2. The number of rotatable bonds is 32. The van der Waals surface area contributed by atoms with Crippen LogP contribution in [0.2, 0.25) is 0 Å². The fourth-order valence-corrected chi connectivity index (χ4v) is 22.4. The third-order valence-electron chi connectivity index (χ3n) is 23.9. The minimum atomic E-state index is -4.29. The highest BCUT2D eigenvalue weighted by molar-refractivity contribution is 7.49. The lowest BCUT2D eigenvalue weighted by atomic mass is 9.82. The molecule has 0 aromatic carbocycles. The van der Waals surface area contributed by atoms with Crippen LogP contribution in [0.4, 0.5) is 9.59 Å². The molecule has 24 atom stereocenters. The largest absolute Gasteiger partial charge is 0.475 e. The predicted molar refractivity (Wildman–Crippen MR) is 512 cm³/mol. The summed E-state index contributed by atoms with van der Waals surface area (Å²) in [6, 6.07) is -1.89. The zero-order valence-corrected chi connectivity index (χ0v) is 90.8. The van der Waals surface area contributed by atoms with Gasteiger partial charge in [-0.25, -0.2) is 37.4 Å². The highest BCUT2D eigenvalue weighted by Crippen LogP contribution is 2.64. The van der Waals surface area contributed by atoms with Crippen LogP contribution < -0.4 is 0 Å². The molecule has 0 aliphatic carbocycles. The Hall–Kier alpha value is -10.6. The van der Waals surface area contributed by atoms with Crippen LogP contribution >= 0.6 is 31.3 Å². The lowest BCUT2D eigenvalue weighted by Crippen LogP contribution is -2.49. The highest BCUT2D eigenvalue weighted by Gasteiger charge is 2.67. The standard InChI is InChI=1S/2C26H37N2O11P.2C22H28NO11P/c2*1-9-26(7)22-19(37-23(26)28-11-10-18(29)13-20(28)30)15-35-40(33,39-22)34-14-17(12-21(31)36-16(2)3)27(8)24(32)38-25(4,5)6;2*1-6-22(5)19-17(33-21(22)23-9-7-15(25)11-18(23)26)12-30-35(28,34-19)29-10-8-16(32-14(4)24)20(27)31-13(2)3/h2*1,10-11,16-17,19,22-23H,12-15H2,2-8H3;2*1,7,9,13,16-17,19,21H,8,10-12H2,2-5H3/t17?,19-,22-,23-,26-,40+;17?,19-,22-,23-,26-,40-;16-,17+,19+,21+,22+,35+;16-,17+,19+,21+,22+,35-/m1100/s1. The summed E-state index contributed by atoms with van der Waals surface area (Å²) in [7, 11) is -14.1. The van der Waals surface area contributed by atoms with Gasteiger partial charge in [-0.3, -0.25) is 131 Å². The molecule has 8 fully saturated rings. The number of likely N-dealkylation sites (N-methyl/N-ethyl adjacent to an activating group) is 2. The van der Waals surface area contributed by atoms with Crippen LogP contribution in [-0.4, -0.2) is 325 Å². The van der Waals surface area contributed by atoms with E-state index in [-0.39, 0.29) is 114 Å². The molecule has 12 aliphatic rings. The van der Waals surface area contributed by atoms with Crippen LogP contribution in [0, 0.1) is 71.0 Å². The maximum Gasteiger partial charge on any atom is 0.475 e. The first-order valence-electron chi connectivity index (χ1n) is 47.7. The molecule has 50 nitrogen and oxygen atoms in total. The minimum absolute atomic E-state index is 0.164. The first kappa shape index (κ1) is 123. The fourth-order valence-electron chi connectivity index (χ4n) is 16.4. The van der Waals surface area contributed by atoms with Crippen LogP contribution in [0.25, 0.3) is 0 Å². The summed E-state index contributed by atoms with van der Waals surface area (Å²) in [6.07, 6.45) is 14.5. The van der Waals surface area contributed by atoms with Crippen molar-refractivity contribution in [2.24, 2.45) is 21.7 Å². The number of terminal acetylenes is 4. The van der Waals surface area contributed by atoms with Gasteiger partial charge in [-0.1, -0.05) is 23.7 Å². The number of ketones is 4. The van der Waals surface area contributed by atoms with Gasteiger partial charge in [0, 0.05) is 65.6 Å². The third kappa shape index (κ3) is 31.4. The van der Waals surface area contributed by atoms with Crippen molar-refractivity contribution >= 4 is 126 Å². The van der Waals surface area contributed by atoms with Crippen molar-refractivity contribution in [3.63, 3.8) is 0 Å². The number of phosphoric ester groups is 4. The molecule has 0 N–H and O–H groups in total. The fraction of sp³-hybridized carbons (Fsp3) is 0.667. The van der Waals surface area contributed by atoms with Crippen LogP contribution in [0.1, 0.15) is 190 Å². The zero-order valence-electron chi connectivity index (χ0n) is 87.2. The van der Waals surface area contributed by atoms with E-state index in [2.05, 4.69) is 23.7 Å². The molecule has 12 heterocycles. The number of phosphoric acid groups is 4. The quantitative estimate of drug-likeness (QED) is 0.0200. The summed E-state index contributed by atoms with van der Waals surface area (Å²) >= 11 is 0. The Labute approximate surface area is 868 Å². The third-order valence-corrected chi connectivity index (χ3v) is 29.6. The molecule has 54 heteroatoms. The van der Waals surface area contributed by atoms with Gasteiger partial charge < -0.3 is 66.6 Å². The van der Waals surface area contributed by atoms with Crippen molar-refractivity contribution in [2.75, 3.05) is 67.0 Å². The lowest BCUT2D eigenvalue weighted by molar-refractivity contribution is -0.170. The number of nitrogens with zero attached hydrogens (tertiary/aromatic N) is 6. The Morgan fingerprint density at radius 3 is 0.833 bits per heavy atom. The monoisotopic (exact) mass is 2190 g/mol. The molecule has 150 heavy (non-hydrogen) atoms. The van der Waals surface area contributed by atoms with Gasteiger partial charge in [-0.05, 0) is 149 Å². The average Bonchev–Trinajstić information content (AvgIpc) is 1.60. The summed E-state index contributed by atoms with van der Waals surface area (Å²) in [4.78, 5) is 201. The van der Waals surface area contributed by atoms with Gasteiger partial charge in [-0.15, -0.1) is 25.7 Å². The van der Waals surface area contributed by atoms with Crippen LogP contribution in [0.3, 0.4) is 0 Å². The van der Waals surface area contributed by atoms with Gasteiger partial charge in [0.2, 0.25) is 35.8 Å². The number of fused-ring (bicyclic) bond motifs is 4. The Bertz CT molecular complexity index is 5290. The normalized spacial score (nSPS) is 32.0. The number of allylic oxidation sites excluding steroid dienone is 4. The Morgan fingerprint density at radius 2 is 0.627 bits per heavy atom. The molecule has 0 radical (unpaired) electrons. The predicted octanol–water partition coefficient (Wildman–Crippen LogP) is 8.53. The van der Waals surface area contributed by atoms with Crippen LogP contribution in [0.5, 0.6) is 0 Å². The number of hydrogen-bond acceptors (Lipinski definition) is 44. The molecule has 0 bridgehead atoms. The van der Waals surface area contributed by atoms with Crippen molar-refractivity contribution in [3.8, 4) is 49.4 Å². The first-order chi connectivity index (χ1) is 69.7. The molecule has 0 saturated carbocycles. The number of ether oxygens (including phenoxy) is 12. The summed E-state index contributed by atoms with van der Waals surface area (Å²) in [5, 5.41) is 0. The molecular formula is C96H130N6O44P4. The smallest absolute Gasteiger partial charge is 0.463 e. The molecule has 12 aliphatic heterocycles. The van der Waals surface area contributed by atoms with Crippen LogP contribution in [0.15, 0.2) is 49.1 Å². The van der Waals surface area contributed by atoms with Gasteiger partial charge in [0.05, 0.1) is 128 Å². The van der Waals surface area contributed by atoms with Gasteiger partial charge in [0.25, 0.3) is 0 Å². The van der Waals surface area contributed by atoms with E-state index in [9.17, 15) is 95.0 Å². The Balaban J connectivity index is 0.000000222. The molecular weight excluding hydrogens is 2060 g/mol. The van der Waals surface area contributed by atoms with E-state index < -0.39 is 271 Å². The molecule has 6 amide bonds. The van der Waals surface area contributed by atoms with Crippen LogP contribution in [-0.2, 0) is 197 Å². The second-order valence-electron chi connectivity index (χ2n) is 39.9. The Morgan fingerprint density at radius 1 is 0.393 bits per heavy atom. The van der Waals surface area contributed by atoms with Gasteiger partial charge in [-0.2, -0.15) is 0 Å². The van der Waals surface area contributed by atoms with E-state index in [1.807, 2.05) is 0 Å². The van der Waals surface area contributed by atoms with E-state index >= 15 is 0 Å². The maximum atomic E-state index is 13.6. The summed E-state index contributed by atoms with van der Waals surface area (Å²) in [6.45, 7) is 29.8. The summed E-state index contributed by atoms with van der Waals surface area (Å²) in [5.41, 5.74) is -6.69. The molecule has 0 spiro atoms. The molecule has 828 valence electrons. The Kier molecular flexibility index (Phi) is 41.4. The SMILES string of the molecule is C#C[C@]1(C)[C@@H]2O[P@@](=O)(OCC(CC(=O)OC(C)C)N(C)C(=O)OC(C)(C)C)OC[C@H]2O[C@H]1N1C=CC(=O)CC1=O.C#C[C@]1(C)[C@@H]2O[P@@](=O)(OCC[C@H](OC(C)=O)C(=O)OC(C)C)OC[C@H]2O[C@H]1N1C=CC(=O)CC1=O.C#C[C@]1(C)[C@@H]2O[P@](=O)(OCC(CC(=O)OC(C)C)N(C)C(=O)OC(C)(C)C)OC[C@H]2O[C@H]1N1C=CC(=O)CC1=O.C#C[C@]1(C)[C@@H]2O[P@](=O)(OCC[C@H](OC(C)=O)C(=O)OC(C)C)OC[C@H]2O[C@H]1N1C=CC(=O)CC1=O. The topological polar surface area (TPSA) is 582 Å². The van der Waals surface area contributed by atoms with E-state index in [1.54, 1.807) is 125 Å². The van der Waals surface area contributed by atoms with Gasteiger partial charge in [0.15, 0.2) is 48.0 Å². The summed E-state index contributed by atoms with van der Waals surface area (Å²) in [5.74, 6) is 2.82. The summed E-state index contributed by atoms with van der Waals surface area (Å²) < 4.78 is 185. The maximum absolute atomic E-state index is 13.6.